The van der Waals surface area contributed by atoms with E-state index in [0.29, 0.717) is 24.5 Å². The number of hydrogen-bond acceptors (Lipinski definition) is 6. The fourth-order valence-electron chi connectivity index (χ4n) is 3.61. The number of para-hydroxylation sites is 2. The van der Waals surface area contributed by atoms with Gasteiger partial charge in [0.2, 0.25) is 15.9 Å². The number of rotatable bonds is 5. The first-order chi connectivity index (χ1) is 14.9. The molecular weight excluding hydrogens is 422 g/mol. The van der Waals surface area contributed by atoms with Gasteiger partial charge in [-0.1, -0.05) is 18.2 Å². The zero-order valence-electron chi connectivity index (χ0n) is 16.6. The molecular formula is C21H21N3O6S. The van der Waals surface area contributed by atoms with Gasteiger partial charge >= 0.3 is 5.97 Å². The maximum atomic E-state index is 12.7. The number of esters is 1. The monoisotopic (exact) mass is 443 g/mol. The lowest BCUT2D eigenvalue weighted by Crippen LogP contribution is -2.44. The van der Waals surface area contributed by atoms with Crippen LogP contribution in [0.2, 0.25) is 0 Å². The topological polar surface area (TPSA) is 113 Å². The van der Waals surface area contributed by atoms with Crippen LogP contribution in [0.1, 0.15) is 23.2 Å². The number of amides is 2. The van der Waals surface area contributed by atoms with Gasteiger partial charge < -0.3 is 10.1 Å². The molecule has 1 fully saturated rings. The summed E-state index contributed by atoms with van der Waals surface area (Å²) >= 11 is 0. The lowest BCUT2D eigenvalue weighted by molar-refractivity contribution is -0.124. The highest BCUT2D eigenvalue weighted by Crippen LogP contribution is 2.29. The third-order valence-electron chi connectivity index (χ3n) is 5.17. The summed E-state index contributed by atoms with van der Waals surface area (Å²) in [4.78, 5) is 38.2. The van der Waals surface area contributed by atoms with Crippen molar-refractivity contribution in [3.8, 4) is 0 Å². The second-order valence-electron chi connectivity index (χ2n) is 7.26. The van der Waals surface area contributed by atoms with Crippen molar-refractivity contribution in [3.63, 3.8) is 0 Å². The van der Waals surface area contributed by atoms with E-state index in [2.05, 4.69) is 5.32 Å². The summed E-state index contributed by atoms with van der Waals surface area (Å²) in [5.41, 5.74) is 1.05. The Balaban J connectivity index is 1.45. The van der Waals surface area contributed by atoms with Crippen LogP contribution >= 0.6 is 0 Å². The molecule has 0 bridgehead atoms. The Morgan fingerprint density at radius 2 is 1.77 bits per heavy atom. The summed E-state index contributed by atoms with van der Waals surface area (Å²) in [6.45, 7) is 0.146. The van der Waals surface area contributed by atoms with Crippen molar-refractivity contribution in [1.29, 1.82) is 0 Å². The second kappa shape index (κ2) is 8.48. The van der Waals surface area contributed by atoms with Crippen molar-refractivity contribution in [2.75, 3.05) is 36.5 Å². The Morgan fingerprint density at radius 1 is 1.03 bits per heavy atom. The summed E-state index contributed by atoms with van der Waals surface area (Å²) in [6.07, 6.45) is 1.61. The molecule has 0 aliphatic carbocycles. The second-order valence-corrected chi connectivity index (χ2v) is 9.20. The van der Waals surface area contributed by atoms with Gasteiger partial charge in [0.25, 0.3) is 5.91 Å². The van der Waals surface area contributed by atoms with Gasteiger partial charge in [-0.05, 0) is 43.2 Å². The summed E-state index contributed by atoms with van der Waals surface area (Å²) in [5, 5.41) is 2.68. The van der Waals surface area contributed by atoms with Gasteiger partial charge in [-0.15, -0.1) is 0 Å². The van der Waals surface area contributed by atoms with Crippen molar-refractivity contribution in [2.45, 2.75) is 17.7 Å². The molecule has 0 saturated carbocycles. The third kappa shape index (κ3) is 4.30. The van der Waals surface area contributed by atoms with Crippen LogP contribution in [-0.2, 0) is 24.3 Å². The molecule has 4 rings (SSSR count). The molecule has 0 unspecified atom stereocenters. The first-order valence-electron chi connectivity index (χ1n) is 9.83. The number of nitrogens with one attached hydrogen (secondary N) is 1. The molecule has 162 valence electrons. The molecule has 31 heavy (non-hydrogen) atoms. The SMILES string of the molecule is O=C1CN(C(=O)COC(=O)c2cccc(S(=O)(=O)N3CCCC3)c2)c2ccccc2N1. The van der Waals surface area contributed by atoms with Gasteiger partial charge in [-0.2, -0.15) is 4.31 Å². The largest absolute Gasteiger partial charge is 0.452 e. The van der Waals surface area contributed by atoms with Crippen LogP contribution in [-0.4, -0.2) is 56.7 Å². The van der Waals surface area contributed by atoms with Crippen LogP contribution in [0.15, 0.2) is 53.4 Å². The highest BCUT2D eigenvalue weighted by molar-refractivity contribution is 7.89. The van der Waals surface area contributed by atoms with Gasteiger partial charge in [0.05, 0.1) is 21.8 Å². The van der Waals surface area contributed by atoms with E-state index in [9.17, 15) is 22.8 Å². The van der Waals surface area contributed by atoms with E-state index in [1.807, 2.05) is 0 Å². The highest BCUT2D eigenvalue weighted by Gasteiger charge is 2.29. The van der Waals surface area contributed by atoms with Gasteiger partial charge in [0.15, 0.2) is 6.61 Å². The van der Waals surface area contributed by atoms with Crippen molar-refractivity contribution in [1.82, 2.24) is 4.31 Å². The van der Waals surface area contributed by atoms with Crippen LogP contribution in [0, 0.1) is 0 Å². The van der Waals surface area contributed by atoms with Crippen LogP contribution in [0.3, 0.4) is 0 Å². The van der Waals surface area contributed by atoms with Crippen molar-refractivity contribution < 1.29 is 27.5 Å². The number of carbonyl (C=O) groups is 3. The highest BCUT2D eigenvalue weighted by atomic mass is 32.2. The van der Waals surface area contributed by atoms with Gasteiger partial charge in [-0.3, -0.25) is 14.5 Å². The Labute approximate surface area is 179 Å². The van der Waals surface area contributed by atoms with Crippen molar-refractivity contribution >= 4 is 39.2 Å². The molecule has 9 nitrogen and oxygen atoms in total. The molecule has 0 spiro atoms. The smallest absolute Gasteiger partial charge is 0.338 e. The lowest BCUT2D eigenvalue weighted by atomic mass is 10.2. The molecule has 10 heteroatoms. The average molecular weight is 443 g/mol. The minimum Gasteiger partial charge on any atom is -0.452 e. The minimum atomic E-state index is -3.68. The number of fused-ring (bicyclic) bond motifs is 1. The first-order valence-corrected chi connectivity index (χ1v) is 11.3. The predicted molar refractivity (Wildman–Crippen MR) is 112 cm³/mol. The molecule has 2 aromatic rings. The minimum absolute atomic E-state index is 0.0109. The molecule has 2 heterocycles. The number of benzene rings is 2. The fourth-order valence-corrected chi connectivity index (χ4v) is 5.17. The normalized spacial score (nSPS) is 16.5. The van der Waals surface area contributed by atoms with Gasteiger partial charge in [0.1, 0.15) is 6.54 Å². The predicted octanol–water partition coefficient (Wildman–Crippen LogP) is 1.61. The molecule has 0 radical (unpaired) electrons. The summed E-state index contributed by atoms with van der Waals surface area (Å²) in [5.74, 6) is -1.73. The standard InChI is InChI=1S/C21H21N3O6S/c25-19-13-24(18-9-2-1-8-17(18)22-19)20(26)14-30-21(27)15-6-5-7-16(12-15)31(28,29)23-10-3-4-11-23/h1-2,5-9,12H,3-4,10-11,13-14H2,(H,22,25). The summed E-state index contributed by atoms with van der Waals surface area (Å²) < 4.78 is 31.9. The van der Waals surface area contributed by atoms with Crippen LogP contribution in [0.5, 0.6) is 0 Å². The number of nitrogens with zero attached hydrogens (tertiary/aromatic N) is 2. The van der Waals surface area contributed by atoms with Crippen molar-refractivity contribution in [2.24, 2.45) is 0 Å². The number of sulfonamides is 1. The zero-order chi connectivity index (χ0) is 22.0. The van der Waals surface area contributed by atoms with E-state index in [0.717, 1.165) is 12.8 Å². The Morgan fingerprint density at radius 3 is 2.55 bits per heavy atom. The van der Waals surface area contributed by atoms with Crippen LogP contribution < -0.4 is 10.2 Å². The van der Waals surface area contributed by atoms with E-state index in [1.165, 1.54) is 33.5 Å². The van der Waals surface area contributed by atoms with Crippen LogP contribution in [0.4, 0.5) is 11.4 Å². The molecule has 1 N–H and O–H groups in total. The molecule has 0 aromatic heterocycles. The third-order valence-corrected chi connectivity index (χ3v) is 7.07. The molecule has 2 aliphatic rings. The molecule has 2 aliphatic heterocycles. The first kappa shape index (κ1) is 21.0. The van der Waals surface area contributed by atoms with E-state index < -0.39 is 28.5 Å². The summed E-state index contributed by atoms with van der Waals surface area (Å²) in [6, 6.07) is 12.4. The quantitative estimate of drug-likeness (QED) is 0.703. The Kier molecular flexibility index (Phi) is 5.75. The molecule has 1 saturated heterocycles. The Hall–Kier alpha value is -3.24. The Bertz CT molecular complexity index is 1140. The van der Waals surface area contributed by atoms with Crippen molar-refractivity contribution in [3.05, 3.63) is 54.1 Å². The van der Waals surface area contributed by atoms with E-state index in [1.54, 1.807) is 24.3 Å². The fraction of sp³-hybridized carbons (Fsp3) is 0.286. The number of hydrogen-bond donors (Lipinski definition) is 1. The molecule has 2 amide bonds. The molecule has 0 atom stereocenters. The number of anilines is 2. The van der Waals surface area contributed by atoms with Gasteiger partial charge in [0, 0.05) is 13.1 Å². The van der Waals surface area contributed by atoms with E-state index in [-0.39, 0.29) is 22.9 Å². The van der Waals surface area contributed by atoms with Gasteiger partial charge in [-0.25, -0.2) is 13.2 Å². The molecule has 2 aromatic carbocycles. The van der Waals surface area contributed by atoms with E-state index in [4.69, 9.17) is 4.74 Å². The zero-order valence-corrected chi connectivity index (χ0v) is 17.4. The maximum Gasteiger partial charge on any atom is 0.338 e. The van der Waals surface area contributed by atoms with Crippen LogP contribution in [0.25, 0.3) is 0 Å². The maximum absolute atomic E-state index is 12.7. The summed E-state index contributed by atoms with van der Waals surface area (Å²) in [7, 11) is -3.68. The number of carbonyl (C=O) groups excluding carboxylic acids is 3. The lowest BCUT2D eigenvalue weighted by Gasteiger charge is -2.28. The van der Waals surface area contributed by atoms with E-state index >= 15 is 0 Å². The average Bonchev–Trinajstić information content (AvgIpc) is 3.32. The number of ether oxygens (including phenoxy) is 1.